The molecule has 0 saturated heterocycles. The number of benzene rings is 6. The third-order valence-electron chi connectivity index (χ3n) is 10.00. The number of hydrogen-bond acceptors (Lipinski definition) is 0. The molecule has 0 bridgehead atoms. The van der Waals surface area contributed by atoms with E-state index in [1.54, 1.807) is 0 Å². The average molecular weight is 591 g/mol. The van der Waals surface area contributed by atoms with E-state index in [1.807, 2.05) is 0 Å². The van der Waals surface area contributed by atoms with Gasteiger partial charge in [-0.2, -0.15) is 0 Å². The van der Waals surface area contributed by atoms with Gasteiger partial charge in [-0.1, -0.05) is 159 Å². The largest absolute Gasteiger partial charge is 0.0622 e. The van der Waals surface area contributed by atoms with Crippen molar-refractivity contribution in [3.63, 3.8) is 0 Å². The van der Waals surface area contributed by atoms with Gasteiger partial charge in [0, 0.05) is 5.92 Å². The van der Waals surface area contributed by atoms with Crippen LogP contribution < -0.4 is 10.4 Å². The predicted octanol–water partition coefficient (Wildman–Crippen LogP) is 10.3. The minimum Gasteiger partial charge on any atom is -0.0622 e. The van der Waals surface area contributed by atoms with Crippen LogP contribution in [-0.4, -0.2) is 0 Å². The first-order valence-corrected chi connectivity index (χ1v) is 16.6. The molecule has 0 aliphatic heterocycles. The van der Waals surface area contributed by atoms with Crippen molar-refractivity contribution < 1.29 is 0 Å². The molecule has 0 fully saturated rings. The topological polar surface area (TPSA) is 0 Å². The van der Waals surface area contributed by atoms with Crippen molar-refractivity contribution in [2.45, 2.75) is 27.2 Å². The zero-order chi connectivity index (χ0) is 31.2. The van der Waals surface area contributed by atoms with Crippen molar-refractivity contribution in [2.75, 3.05) is 0 Å². The summed E-state index contributed by atoms with van der Waals surface area (Å²) in [7, 11) is 0. The molecular weight excluding hydrogens is 553 g/mol. The van der Waals surface area contributed by atoms with Crippen molar-refractivity contribution in [2.24, 2.45) is 11.8 Å². The molecule has 0 aromatic heterocycles. The summed E-state index contributed by atoms with van der Waals surface area (Å²) in [5.41, 5.74) is 15.0. The summed E-state index contributed by atoms with van der Waals surface area (Å²) in [4.78, 5) is 0. The molecule has 0 heteroatoms. The first kappa shape index (κ1) is 28.3. The van der Waals surface area contributed by atoms with Crippen molar-refractivity contribution in [1.29, 1.82) is 0 Å². The van der Waals surface area contributed by atoms with Crippen LogP contribution in [0.5, 0.6) is 0 Å². The van der Waals surface area contributed by atoms with Crippen molar-refractivity contribution in [3.05, 3.63) is 196 Å². The van der Waals surface area contributed by atoms with Crippen LogP contribution in [0.25, 0.3) is 38.6 Å². The fraction of sp³-hybridized carbons (Fsp3) is 0.130. The Balaban J connectivity index is 1.49. The maximum Gasteiger partial charge on any atom is 0.0149 e. The maximum absolute atomic E-state index is 2.58. The minimum atomic E-state index is 0.215. The second-order valence-corrected chi connectivity index (χ2v) is 13.1. The molecule has 0 spiro atoms. The molecule has 0 radical (unpaired) electrons. The van der Waals surface area contributed by atoms with Crippen LogP contribution in [0.4, 0.5) is 0 Å². The molecule has 1 atom stereocenters. The van der Waals surface area contributed by atoms with Gasteiger partial charge in [0.1, 0.15) is 0 Å². The van der Waals surface area contributed by atoms with Crippen LogP contribution in [0, 0.1) is 18.8 Å². The van der Waals surface area contributed by atoms with Crippen LogP contribution in [0.2, 0.25) is 0 Å². The minimum absolute atomic E-state index is 0.215. The van der Waals surface area contributed by atoms with Gasteiger partial charge in [0.05, 0.1) is 0 Å². The lowest BCUT2D eigenvalue weighted by Gasteiger charge is -2.36. The highest BCUT2D eigenvalue weighted by molar-refractivity contribution is 6.01. The fourth-order valence-corrected chi connectivity index (χ4v) is 7.86. The summed E-state index contributed by atoms with van der Waals surface area (Å²) in [6.07, 6.45) is 3.55. The molecule has 6 aromatic carbocycles. The average Bonchev–Trinajstić information content (AvgIpc) is 3.10. The number of allylic oxidation sites excluding steroid dienone is 4. The lowest BCUT2D eigenvalue weighted by molar-refractivity contribution is 0.740. The molecule has 46 heavy (non-hydrogen) atoms. The summed E-state index contributed by atoms with van der Waals surface area (Å²) in [6, 6.07) is 53.7. The summed E-state index contributed by atoms with van der Waals surface area (Å²) < 4.78 is 0. The van der Waals surface area contributed by atoms with Gasteiger partial charge < -0.3 is 0 Å². The van der Waals surface area contributed by atoms with E-state index in [-0.39, 0.29) is 5.92 Å². The van der Waals surface area contributed by atoms with E-state index in [9.17, 15) is 0 Å². The zero-order valence-electron chi connectivity index (χ0n) is 26.8. The van der Waals surface area contributed by atoms with Crippen LogP contribution in [0.3, 0.4) is 0 Å². The first-order chi connectivity index (χ1) is 22.6. The van der Waals surface area contributed by atoms with Crippen molar-refractivity contribution in [1.82, 2.24) is 0 Å². The molecular formula is C46H38. The van der Waals surface area contributed by atoms with E-state index < -0.39 is 0 Å². The van der Waals surface area contributed by atoms with Crippen molar-refractivity contribution in [3.8, 4) is 11.1 Å². The molecule has 2 aliphatic carbocycles. The monoisotopic (exact) mass is 590 g/mol. The van der Waals surface area contributed by atoms with E-state index in [1.165, 1.54) is 82.5 Å². The van der Waals surface area contributed by atoms with E-state index >= 15 is 0 Å². The molecule has 0 saturated carbocycles. The molecule has 222 valence electrons. The van der Waals surface area contributed by atoms with Gasteiger partial charge in [-0.25, -0.2) is 0 Å². The molecule has 0 N–H and O–H groups in total. The normalized spacial score (nSPS) is 16.0. The Bertz CT molecular complexity index is 2310. The fourth-order valence-electron chi connectivity index (χ4n) is 7.86. The zero-order valence-corrected chi connectivity index (χ0v) is 26.8. The molecule has 2 aliphatic rings. The van der Waals surface area contributed by atoms with Gasteiger partial charge in [0.15, 0.2) is 0 Å². The number of rotatable bonds is 5. The SMILES string of the molecule is Cc1ccccc1C1=C(C(C)C)C=C2C(c3cccc4ccccc34)=c3ccccc3=C(c3cccc(-c4ccccc4)c3)C2C1. The van der Waals surface area contributed by atoms with Crippen LogP contribution in [0.1, 0.15) is 42.5 Å². The third-order valence-corrected chi connectivity index (χ3v) is 10.00. The van der Waals surface area contributed by atoms with Gasteiger partial charge in [-0.3, -0.25) is 0 Å². The van der Waals surface area contributed by atoms with E-state index in [4.69, 9.17) is 0 Å². The van der Waals surface area contributed by atoms with Gasteiger partial charge in [0.2, 0.25) is 0 Å². The third kappa shape index (κ3) is 4.77. The lowest BCUT2D eigenvalue weighted by atomic mass is 9.67. The second kappa shape index (κ2) is 11.6. The Morgan fingerprint density at radius 2 is 1.20 bits per heavy atom. The molecule has 8 rings (SSSR count). The highest BCUT2D eigenvalue weighted by atomic mass is 14.4. The van der Waals surface area contributed by atoms with Crippen molar-refractivity contribution >= 4 is 27.5 Å². The molecule has 6 aromatic rings. The summed E-state index contributed by atoms with van der Waals surface area (Å²) in [6.45, 7) is 6.97. The molecule has 0 nitrogen and oxygen atoms in total. The lowest BCUT2D eigenvalue weighted by Crippen LogP contribution is -2.38. The van der Waals surface area contributed by atoms with Crippen LogP contribution in [-0.2, 0) is 0 Å². The first-order valence-electron chi connectivity index (χ1n) is 16.6. The highest BCUT2D eigenvalue weighted by Gasteiger charge is 2.34. The van der Waals surface area contributed by atoms with E-state index in [0.717, 1.165) is 6.42 Å². The van der Waals surface area contributed by atoms with E-state index in [2.05, 4.69) is 172 Å². The summed E-state index contributed by atoms with van der Waals surface area (Å²) in [5, 5.41) is 5.26. The van der Waals surface area contributed by atoms with Gasteiger partial charge in [-0.15, -0.1) is 0 Å². The number of hydrogen-bond donors (Lipinski definition) is 0. The summed E-state index contributed by atoms with van der Waals surface area (Å²) >= 11 is 0. The summed E-state index contributed by atoms with van der Waals surface area (Å²) in [5.74, 6) is 0.617. The Morgan fingerprint density at radius 3 is 2.02 bits per heavy atom. The number of aryl methyl sites for hydroxylation is 1. The van der Waals surface area contributed by atoms with Crippen LogP contribution in [0.15, 0.2) is 163 Å². The predicted molar refractivity (Wildman–Crippen MR) is 196 cm³/mol. The quantitative estimate of drug-likeness (QED) is 0.187. The van der Waals surface area contributed by atoms with Gasteiger partial charge in [-0.05, 0) is 108 Å². The standard InChI is InChI=1S/C46H38/c1-30(2)41-28-44-43(29-42(41)36-22-9-7-15-31(36)3)45(35-21-13-20-34(27-35)32-16-5-4-6-17-32)39-24-11-12-25-40(39)46(44)38-26-14-19-33-18-8-10-23-37(33)38/h4-28,30,43H,29H2,1-3H3. The molecule has 0 amide bonds. The Hall–Kier alpha value is -5.20. The smallest absolute Gasteiger partial charge is 0.0149 e. The number of fused-ring (bicyclic) bond motifs is 3. The van der Waals surface area contributed by atoms with E-state index in [0.29, 0.717) is 5.92 Å². The van der Waals surface area contributed by atoms with Crippen LogP contribution >= 0.6 is 0 Å². The highest BCUT2D eigenvalue weighted by Crippen LogP contribution is 2.48. The van der Waals surface area contributed by atoms with Gasteiger partial charge in [0.25, 0.3) is 0 Å². The Labute approximate surface area is 272 Å². The Morgan fingerprint density at radius 1 is 0.565 bits per heavy atom. The van der Waals surface area contributed by atoms with Gasteiger partial charge >= 0.3 is 0 Å². The second-order valence-electron chi connectivity index (χ2n) is 13.1. The maximum atomic E-state index is 2.58. The Kier molecular flexibility index (Phi) is 7.15. The molecule has 0 heterocycles. The molecule has 1 unspecified atom stereocenters.